The van der Waals surface area contributed by atoms with E-state index < -0.39 is 10.1 Å². The predicted molar refractivity (Wildman–Crippen MR) is 62.5 cm³/mol. The molecule has 0 radical (unpaired) electrons. The minimum absolute atomic E-state index is 0.0204. The summed E-state index contributed by atoms with van der Waals surface area (Å²) in [7, 11) is -3.62. The average Bonchev–Trinajstić information content (AvgIpc) is 2.14. The Labute approximate surface area is 101 Å². The molecule has 0 bridgehead atoms. The summed E-state index contributed by atoms with van der Waals surface area (Å²) in [4.78, 5) is 0. The first kappa shape index (κ1) is 12.5. The summed E-state index contributed by atoms with van der Waals surface area (Å²) in [5.74, 6) is 0. The first-order valence-corrected chi connectivity index (χ1v) is 6.75. The van der Waals surface area contributed by atoms with Crippen LogP contribution in [-0.2, 0) is 14.4 Å². The van der Waals surface area contributed by atoms with E-state index in [1.807, 2.05) is 0 Å². The highest BCUT2D eigenvalue weighted by molar-refractivity contribution is 9.10. The summed E-state index contributed by atoms with van der Waals surface area (Å²) in [5.41, 5.74) is 0.573. The van der Waals surface area contributed by atoms with Gasteiger partial charge in [-0.25, -0.2) is 0 Å². The van der Waals surface area contributed by atoms with Crippen LogP contribution in [0.25, 0.3) is 0 Å². The lowest BCUT2D eigenvalue weighted by Crippen LogP contribution is -2.00. The Morgan fingerprint density at radius 3 is 2.40 bits per heavy atom. The first-order chi connectivity index (χ1) is 6.88. The maximum Gasteiger partial charge on any atom is 0.325 e. The van der Waals surface area contributed by atoms with Gasteiger partial charge in [-0.1, -0.05) is 44.8 Å². The van der Waals surface area contributed by atoms with E-state index in [1.165, 1.54) is 0 Å². The topological polar surface area (TPSA) is 55.7 Å². The summed E-state index contributed by atoms with van der Waals surface area (Å²) < 4.78 is 26.3. The quantitative estimate of drug-likeness (QED) is 0.636. The van der Waals surface area contributed by atoms with Gasteiger partial charge in [0.05, 0.1) is 6.26 Å². The fourth-order valence-corrected chi connectivity index (χ4v) is 1.42. The van der Waals surface area contributed by atoms with E-state index in [4.69, 9.17) is 11.6 Å². The van der Waals surface area contributed by atoms with Crippen LogP contribution in [0.5, 0.6) is 0 Å². The molecule has 0 aliphatic rings. The molecule has 0 N–H and O–H groups in total. The van der Waals surface area contributed by atoms with Gasteiger partial charge in [0.1, 0.15) is 0 Å². The van der Waals surface area contributed by atoms with Crippen molar-refractivity contribution in [3.63, 3.8) is 0 Å². The first-order valence-electron chi connectivity index (χ1n) is 3.76. The Hall–Kier alpha value is -0.590. The lowest BCUT2D eigenvalue weighted by atomic mass is 10.2. The minimum Gasteiger partial charge on any atom is -0.267 e. The third-order valence-corrected chi connectivity index (χ3v) is 2.50. The Kier molecular flexibility index (Phi) is 4.12. The molecule has 0 aliphatic heterocycles. The second-order valence-electron chi connectivity index (χ2n) is 2.67. The van der Waals surface area contributed by atoms with Gasteiger partial charge >= 0.3 is 10.1 Å². The van der Waals surface area contributed by atoms with Crippen molar-refractivity contribution in [2.45, 2.75) is 0 Å². The number of nitrogens with zero attached hydrogens (tertiary/aromatic N) is 1. The predicted octanol–water partition coefficient (Wildman–Crippen LogP) is 2.33. The molecule has 1 aromatic carbocycles. The molecule has 0 heterocycles. The van der Waals surface area contributed by atoms with Gasteiger partial charge in [0.2, 0.25) is 0 Å². The zero-order valence-electron chi connectivity index (χ0n) is 7.65. The Bertz CT molecular complexity index is 469. The third-order valence-electron chi connectivity index (χ3n) is 1.34. The molecule has 7 heteroatoms. The Morgan fingerprint density at radius 2 is 1.93 bits per heavy atom. The molecule has 15 heavy (non-hydrogen) atoms. The molecule has 0 aliphatic carbocycles. The van der Waals surface area contributed by atoms with Gasteiger partial charge in [-0.05, 0) is 12.1 Å². The molecule has 0 atom stereocenters. The van der Waals surface area contributed by atoms with Crippen molar-refractivity contribution in [2.24, 2.45) is 5.16 Å². The second kappa shape index (κ2) is 4.96. The molecule has 4 nitrogen and oxygen atoms in total. The summed E-state index contributed by atoms with van der Waals surface area (Å²) >= 11 is 8.97. The molecular formula is C8H7BrClNO3S. The van der Waals surface area contributed by atoms with E-state index >= 15 is 0 Å². The molecule has 0 spiro atoms. The largest absolute Gasteiger partial charge is 0.325 e. The Balaban J connectivity index is 2.85. The highest BCUT2D eigenvalue weighted by Crippen LogP contribution is 2.13. The van der Waals surface area contributed by atoms with Gasteiger partial charge < -0.3 is 0 Å². The second-order valence-corrected chi connectivity index (χ2v) is 5.50. The van der Waals surface area contributed by atoms with E-state index in [0.29, 0.717) is 5.56 Å². The molecule has 82 valence electrons. The van der Waals surface area contributed by atoms with Crippen molar-refractivity contribution in [3.05, 3.63) is 34.3 Å². The number of hydrogen-bond donors (Lipinski definition) is 0. The monoisotopic (exact) mass is 311 g/mol. The maximum absolute atomic E-state index is 10.6. The van der Waals surface area contributed by atoms with Gasteiger partial charge in [0.25, 0.3) is 0 Å². The SMILES string of the molecule is CS(=O)(=O)O/N=C(/Cl)c1ccc(Br)cc1. The third kappa shape index (κ3) is 4.63. The van der Waals surface area contributed by atoms with Crippen molar-refractivity contribution in [1.29, 1.82) is 0 Å². The lowest BCUT2D eigenvalue weighted by Gasteiger charge is -1.98. The van der Waals surface area contributed by atoms with E-state index in [0.717, 1.165) is 10.7 Å². The molecule has 0 saturated heterocycles. The lowest BCUT2D eigenvalue weighted by molar-refractivity contribution is 0.344. The van der Waals surface area contributed by atoms with Crippen molar-refractivity contribution < 1.29 is 12.7 Å². The zero-order chi connectivity index (χ0) is 11.5. The fraction of sp³-hybridized carbons (Fsp3) is 0.125. The average molecular weight is 313 g/mol. The fourth-order valence-electron chi connectivity index (χ4n) is 0.741. The molecular weight excluding hydrogens is 306 g/mol. The van der Waals surface area contributed by atoms with Crippen LogP contribution in [0, 0.1) is 0 Å². The summed E-state index contributed by atoms with van der Waals surface area (Å²) in [6.45, 7) is 0. The maximum atomic E-state index is 10.6. The van der Waals surface area contributed by atoms with E-state index in [-0.39, 0.29) is 5.17 Å². The van der Waals surface area contributed by atoms with Crippen LogP contribution in [0.4, 0.5) is 0 Å². The van der Waals surface area contributed by atoms with Crippen LogP contribution in [0.2, 0.25) is 0 Å². The van der Waals surface area contributed by atoms with Crippen molar-refractivity contribution in [2.75, 3.05) is 6.26 Å². The number of hydrogen-bond acceptors (Lipinski definition) is 4. The summed E-state index contributed by atoms with van der Waals surface area (Å²) in [6, 6.07) is 6.88. The highest BCUT2D eigenvalue weighted by Gasteiger charge is 2.04. The van der Waals surface area contributed by atoms with Gasteiger partial charge in [-0.15, -0.1) is 0 Å². The number of benzene rings is 1. The summed E-state index contributed by atoms with van der Waals surface area (Å²) in [6.07, 6.45) is 0.891. The molecule has 0 amide bonds. The van der Waals surface area contributed by atoms with Crippen LogP contribution in [0.1, 0.15) is 5.56 Å². The minimum atomic E-state index is -3.62. The van der Waals surface area contributed by atoms with Gasteiger partial charge in [0, 0.05) is 10.0 Å². The standard InChI is InChI=1S/C8H7BrClNO3S/c1-15(12,13)14-11-8(10)6-2-4-7(9)5-3-6/h2-5H,1H3/b11-8+. The smallest absolute Gasteiger partial charge is 0.267 e. The van der Waals surface area contributed by atoms with Crippen molar-refractivity contribution in [1.82, 2.24) is 0 Å². The summed E-state index contributed by atoms with van der Waals surface area (Å²) in [5, 5.41) is 3.25. The highest BCUT2D eigenvalue weighted by atomic mass is 79.9. The van der Waals surface area contributed by atoms with Crippen molar-refractivity contribution in [3.8, 4) is 0 Å². The van der Waals surface area contributed by atoms with Crippen LogP contribution in [0.15, 0.2) is 33.9 Å². The van der Waals surface area contributed by atoms with Crippen LogP contribution in [0.3, 0.4) is 0 Å². The molecule has 1 rings (SSSR count). The zero-order valence-corrected chi connectivity index (χ0v) is 10.8. The molecule has 0 fully saturated rings. The molecule has 0 aromatic heterocycles. The van der Waals surface area contributed by atoms with E-state index in [1.54, 1.807) is 24.3 Å². The van der Waals surface area contributed by atoms with E-state index in [9.17, 15) is 8.42 Å². The van der Waals surface area contributed by atoms with E-state index in [2.05, 4.69) is 25.4 Å². The number of rotatable bonds is 3. The van der Waals surface area contributed by atoms with Gasteiger partial charge in [0.15, 0.2) is 5.17 Å². The van der Waals surface area contributed by atoms with Gasteiger partial charge in [-0.2, -0.15) is 8.42 Å². The molecule has 1 aromatic rings. The van der Waals surface area contributed by atoms with Crippen molar-refractivity contribution >= 4 is 42.8 Å². The number of oxime groups is 1. The number of halogens is 2. The molecule has 0 saturated carbocycles. The van der Waals surface area contributed by atoms with Crippen LogP contribution in [-0.4, -0.2) is 19.8 Å². The van der Waals surface area contributed by atoms with Gasteiger partial charge in [-0.3, -0.25) is 4.28 Å². The molecule has 0 unspecified atom stereocenters. The van der Waals surface area contributed by atoms with Crippen LogP contribution >= 0.6 is 27.5 Å². The Morgan fingerprint density at radius 1 is 1.40 bits per heavy atom. The normalized spacial score (nSPS) is 12.6. The van der Waals surface area contributed by atoms with Crippen LogP contribution < -0.4 is 0 Å².